The van der Waals surface area contributed by atoms with Crippen molar-refractivity contribution in [3.05, 3.63) is 23.8 Å². The van der Waals surface area contributed by atoms with Crippen LogP contribution in [0.5, 0.6) is 11.5 Å². The summed E-state index contributed by atoms with van der Waals surface area (Å²) in [6, 6.07) is 6.27. The molecule has 1 aliphatic carbocycles. The number of nitrogens with one attached hydrogen (secondary N) is 2. The molecule has 2 atom stereocenters. The summed E-state index contributed by atoms with van der Waals surface area (Å²) in [7, 11) is 4.86. The molecule has 1 saturated carbocycles. The number of thiocarbonyl (C=S) groups is 1. The minimum absolute atomic E-state index is 0.00337. The molecule has 1 aliphatic heterocycles. The van der Waals surface area contributed by atoms with Crippen molar-refractivity contribution in [3.8, 4) is 11.5 Å². The zero-order valence-corrected chi connectivity index (χ0v) is 17.5. The number of ether oxygens (including phenoxy) is 3. The van der Waals surface area contributed by atoms with E-state index in [1.54, 1.807) is 21.3 Å². The van der Waals surface area contributed by atoms with Gasteiger partial charge in [0.1, 0.15) is 0 Å². The number of nitrogens with zero attached hydrogens (tertiary/aromatic N) is 1. The molecule has 7 nitrogen and oxygen atoms in total. The van der Waals surface area contributed by atoms with Crippen LogP contribution in [0.4, 0.5) is 0 Å². The Morgan fingerprint density at radius 3 is 2.64 bits per heavy atom. The minimum Gasteiger partial charge on any atom is -0.493 e. The van der Waals surface area contributed by atoms with Gasteiger partial charge in [-0.1, -0.05) is 12.1 Å². The molecular weight excluding hydrogens is 378 g/mol. The summed E-state index contributed by atoms with van der Waals surface area (Å²) in [6.45, 7) is 2.20. The average Bonchev–Trinajstić information content (AvgIpc) is 3.40. The Morgan fingerprint density at radius 2 is 2.00 bits per heavy atom. The summed E-state index contributed by atoms with van der Waals surface area (Å²) in [5, 5.41) is 7.08. The number of benzene rings is 1. The van der Waals surface area contributed by atoms with E-state index in [0.29, 0.717) is 43.8 Å². The van der Waals surface area contributed by atoms with Crippen molar-refractivity contribution < 1.29 is 19.0 Å². The third-order valence-electron chi connectivity index (χ3n) is 5.29. The monoisotopic (exact) mass is 407 g/mol. The SMILES string of the molecule is COCCNC(=O)[C@@H]1CN(C(=S)NC2CC2)C[C@H]1c1cccc(OC)c1OC. The highest BCUT2D eigenvalue weighted by molar-refractivity contribution is 7.80. The number of hydrogen-bond donors (Lipinski definition) is 2. The standard InChI is InChI=1S/C20H29N3O4S/c1-25-10-9-21-19(24)16-12-23(20(28)22-13-7-8-13)11-15(16)14-5-4-6-17(26-2)18(14)27-3/h4-6,13,15-16H,7-12H2,1-3H3,(H,21,24)(H,22,28)/t15-,16+/m0/s1. The normalized spacial score (nSPS) is 21.3. The quantitative estimate of drug-likeness (QED) is 0.500. The third-order valence-corrected chi connectivity index (χ3v) is 5.66. The summed E-state index contributed by atoms with van der Waals surface area (Å²) < 4.78 is 16.1. The number of methoxy groups -OCH3 is 3. The Labute approximate surface area is 171 Å². The predicted octanol–water partition coefficient (Wildman–Crippen LogP) is 1.52. The summed E-state index contributed by atoms with van der Waals surface area (Å²) in [6.07, 6.45) is 2.31. The minimum atomic E-state index is -0.239. The van der Waals surface area contributed by atoms with Crippen LogP contribution < -0.4 is 20.1 Å². The number of carbonyl (C=O) groups excluding carboxylic acids is 1. The fraction of sp³-hybridized carbons (Fsp3) is 0.600. The van der Waals surface area contributed by atoms with E-state index in [9.17, 15) is 4.79 Å². The maximum absolute atomic E-state index is 12.9. The summed E-state index contributed by atoms with van der Waals surface area (Å²) in [5.41, 5.74) is 0.963. The fourth-order valence-electron chi connectivity index (χ4n) is 3.66. The molecule has 0 aromatic heterocycles. The van der Waals surface area contributed by atoms with Crippen molar-refractivity contribution in [2.45, 2.75) is 24.8 Å². The van der Waals surface area contributed by atoms with Gasteiger partial charge in [0.2, 0.25) is 5.91 Å². The molecule has 2 N–H and O–H groups in total. The molecule has 154 valence electrons. The largest absolute Gasteiger partial charge is 0.493 e. The number of carbonyl (C=O) groups is 1. The van der Waals surface area contributed by atoms with Crippen LogP contribution in [0.1, 0.15) is 24.3 Å². The molecule has 1 saturated heterocycles. The van der Waals surface area contributed by atoms with Crippen LogP contribution >= 0.6 is 12.2 Å². The first kappa shape index (κ1) is 20.7. The first-order valence-corrected chi connectivity index (χ1v) is 10.0. The zero-order valence-electron chi connectivity index (χ0n) is 16.7. The first-order valence-electron chi connectivity index (χ1n) is 9.62. The highest BCUT2D eigenvalue weighted by atomic mass is 32.1. The van der Waals surface area contributed by atoms with Crippen LogP contribution in [-0.4, -0.2) is 69.5 Å². The number of amides is 1. The van der Waals surface area contributed by atoms with Crippen molar-refractivity contribution >= 4 is 23.2 Å². The van der Waals surface area contributed by atoms with Crippen LogP contribution in [0.2, 0.25) is 0 Å². The van der Waals surface area contributed by atoms with E-state index >= 15 is 0 Å². The molecule has 3 rings (SSSR count). The van der Waals surface area contributed by atoms with Crippen molar-refractivity contribution in [1.82, 2.24) is 15.5 Å². The lowest BCUT2D eigenvalue weighted by molar-refractivity contribution is -0.125. The molecule has 0 radical (unpaired) electrons. The van der Waals surface area contributed by atoms with E-state index in [1.165, 1.54) is 0 Å². The van der Waals surface area contributed by atoms with E-state index in [4.69, 9.17) is 26.4 Å². The molecule has 28 heavy (non-hydrogen) atoms. The Morgan fingerprint density at radius 1 is 1.21 bits per heavy atom. The van der Waals surface area contributed by atoms with Gasteiger partial charge in [-0.05, 0) is 31.1 Å². The van der Waals surface area contributed by atoms with Crippen LogP contribution in [0, 0.1) is 5.92 Å². The van der Waals surface area contributed by atoms with Crippen molar-refractivity contribution in [2.75, 3.05) is 47.6 Å². The average molecular weight is 408 g/mol. The number of para-hydroxylation sites is 1. The Hall–Kier alpha value is -2.06. The molecule has 1 aromatic carbocycles. The maximum atomic E-state index is 12.9. The van der Waals surface area contributed by atoms with E-state index in [-0.39, 0.29) is 17.7 Å². The van der Waals surface area contributed by atoms with E-state index in [1.807, 2.05) is 18.2 Å². The van der Waals surface area contributed by atoms with Gasteiger partial charge in [-0.25, -0.2) is 0 Å². The van der Waals surface area contributed by atoms with Crippen molar-refractivity contribution in [2.24, 2.45) is 5.92 Å². The van der Waals surface area contributed by atoms with Gasteiger partial charge in [0.05, 0.1) is 26.7 Å². The summed E-state index contributed by atoms with van der Waals surface area (Å²) in [4.78, 5) is 15.0. The lowest BCUT2D eigenvalue weighted by Gasteiger charge is -2.22. The highest BCUT2D eigenvalue weighted by Gasteiger charge is 2.41. The molecule has 2 aliphatic rings. The topological polar surface area (TPSA) is 72.1 Å². The maximum Gasteiger partial charge on any atom is 0.225 e. The van der Waals surface area contributed by atoms with Crippen LogP contribution in [0.25, 0.3) is 0 Å². The molecular formula is C20H29N3O4S. The predicted molar refractivity (Wildman–Crippen MR) is 111 cm³/mol. The second-order valence-corrected chi connectivity index (χ2v) is 7.60. The Kier molecular flexibility index (Phi) is 6.96. The van der Waals surface area contributed by atoms with Crippen LogP contribution in [0.3, 0.4) is 0 Å². The lowest BCUT2D eigenvalue weighted by Crippen LogP contribution is -2.41. The molecule has 0 spiro atoms. The van der Waals surface area contributed by atoms with Crippen LogP contribution in [0.15, 0.2) is 18.2 Å². The third kappa shape index (κ3) is 4.67. The summed E-state index contributed by atoms with van der Waals surface area (Å²) in [5.74, 6) is 1.05. The van der Waals surface area contributed by atoms with E-state index in [0.717, 1.165) is 23.5 Å². The lowest BCUT2D eigenvalue weighted by atomic mass is 9.87. The van der Waals surface area contributed by atoms with Gasteiger partial charge in [0.15, 0.2) is 16.6 Å². The number of rotatable bonds is 8. The van der Waals surface area contributed by atoms with Gasteiger partial charge in [-0.3, -0.25) is 4.79 Å². The highest BCUT2D eigenvalue weighted by Crippen LogP contribution is 2.42. The first-order chi connectivity index (χ1) is 13.6. The van der Waals surface area contributed by atoms with E-state index in [2.05, 4.69) is 15.5 Å². The molecule has 8 heteroatoms. The Balaban J connectivity index is 1.84. The molecule has 0 bridgehead atoms. The fourth-order valence-corrected chi connectivity index (χ4v) is 3.97. The molecule has 1 amide bonds. The van der Waals surface area contributed by atoms with Gasteiger partial charge in [-0.2, -0.15) is 0 Å². The number of likely N-dealkylation sites (tertiary alicyclic amines) is 1. The van der Waals surface area contributed by atoms with Crippen LogP contribution in [-0.2, 0) is 9.53 Å². The van der Waals surface area contributed by atoms with Gasteiger partial charge < -0.3 is 29.7 Å². The Bertz CT molecular complexity index is 711. The van der Waals surface area contributed by atoms with Gasteiger partial charge >= 0.3 is 0 Å². The zero-order chi connectivity index (χ0) is 20.1. The molecule has 1 aromatic rings. The van der Waals surface area contributed by atoms with Gasteiger partial charge in [0.25, 0.3) is 0 Å². The second kappa shape index (κ2) is 9.43. The van der Waals surface area contributed by atoms with Crippen molar-refractivity contribution in [3.63, 3.8) is 0 Å². The molecule has 1 heterocycles. The van der Waals surface area contributed by atoms with Gasteiger partial charge in [-0.15, -0.1) is 0 Å². The smallest absolute Gasteiger partial charge is 0.225 e. The summed E-state index contributed by atoms with van der Waals surface area (Å²) >= 11 is 5.60. The second-order valence-electron chi connectivity index (χ2n) is 7.21. The number of hydrogen-bond acceptors (Lipinski definition) is 5. The van der Waals surface area contributed by atoms with Gasteiger partial charge in [0, 0.05) is 44.3 Å². The van der Waals surface area contributed by atoms with E-state index < -0.39 is 0 Å². The molecule has 0 unspecified atom stereocenters. The molecule has 2 fully saturated rings. The van der Waals surface area contributed by atoms with Crippen molar-refractivity contribution in [1.29, 1.82) is 0 Å².